The minimum absolute atomic E-state index is 0.130. The smallest absolute Gasteiger partial charge is 0.248 e. The molecular weight excluding hydrogens is 204 g/mol. The topological polar surface area (TPSA) is 41.9 Å². The Morgan fingerprint density at radius 2 is 2.06 bits per heavy atom. The van der Waals surface area contributed by atoms with Crippen molar-refractivity contribution in [1.29, 1.82) is 0 Å². The van der Waals surface area contributed by atoms with Crippen LogP contribution in [0, 0.1) is 0 Å². The van der Waals surface area contributed by atoms with Crippen molar-refractivity contribution in [2.75, 3.05) is 19.8 Å². The fourth-order valence-electron chi connectivity index (χ4n) is 1.56. The Morgan fingerprint density at radius 3 is 2.69 bits per heavy atom. The first kappa shape index (κ1) is 13.2. The molecule has 92 valence electrons. The second-order valence-corrected chi connectivity index (χ2v) is 4.03. The number of nitrogens with zero attached hydrogens (tertiary/aromatic N) is 2. The summed E-state index contributed by atoms with van der Waals surface area (Å²) in [7, 11) is 0. The van der Waals surface area contributed by atoms with Crippen LogP contribution in [0.1, 0.15) is 46.0 Å². The highest BCUT2D eigenvalue weighted by Crippen LogP contribution is 2.10. The SMILES string of the molecule is CCCCOCCCN1N=C(CC)CC1=O. The molecule has 0 radical (unpaired) electrons. The van der Waals surface area contributed by atoms with Crippen LogP contribution >= 0.6 is 0 Å². The molecule has 1 heterocycles. The summed E-state index contributed by atoms with van der Waals surface area (Å²) in [5.74, 6) is 0.130. The Labute approximate surface area is 97.6 Å². The zero-order valence-electron chi connectivity index (χ0n) is 10.4. The molecule has 0 fully saturated rings. The summed E-state index contributed by atoms with van der Waals surface area (Å²) in [5.41, 5.74) is 0.997. The van der Waals surface area contributed by atoms with Crippen LogP contribution in [0.5, 0.6) is 0 Å². The fourth-order valence-corrected chi connectivity index (χ4v) is 1.56. The lowest BCUT2D eigenvalue weighted by Gasteiger charge is -2.11. The van der Waals surface area contributed by atoms with E-state index < -0.39 is 0 Å². The Hall–Kier alpha value is -0.900. The van der Waals surface area contributed by atoms with E-state index in [1.165, 1.54) is 0 Å². The minimum Gasteiger partial charge on any atom is -0.381 e. The third-order valence-corrected chi connectivity index (χ3v) is 2.61. The van der Waals surface area contributed by atoms with Gasteiger partial charge in [0, 0.05) is 25.5 Å². The van der Waals surface area contributed by atoms with Gasteiger partial charge in [-0.1, -0.05) is 20.3 Å². The predicted molar refractivity (Wildman–Crippen MR) is 64.4 cm³/mol. The summed E-state index contributed by atoms with van der Waals surface area (Å²) in [6.45, 7) is 6.42. The van der Waals surface area contributed by atoms with Crippen molar-refractivity contribution < 1.29 is 9.53 Å². The van der Waals surface area contributed by atoms with Gasteiger partial charge in [0.05, 0.1) is 6.42 Å². The fraction of sp³-hybridized carbons (Fsp3) is 0.833. The van der Waals surface area contributed by atoms with Gasteiger partial charge >= 0.3 is 0 Å². The van der Waals surface area contributed by atoms with E-state index in [2.05, 4.69) is 12.0 Å². The lowest BCUT2D eigenvalue weighted by molar-refractivity contribution is -0.128. The highest BCUT2D eigenvalue weighted by molar-refractivity contribution is 6.04. The summed E-state index contributed by atoms with van der Waals surface area (Å²) in [5, 5.41) is 5.85. The molecule has 16 heavy (non-hydrogen) atoms. The number of carbonyl (C=O) groups excluding carboxylic acids is 1. The monoisotopic (exact) mass is 226 g/mol. The zero-order valence-corrected chi connectivity index (χ0v) is 10.4. The summed E-state index contributed by atoms with van der Waals surface area (Å²) in [4.78, 5) is 11.5. The highest BCUT2D eigenvalue weighted by atomic mass is 16.5. The molecule has 0 atom stereocenters. The van der Waals surface area contributed by atoms with E-state index in [-0.39, 0.29) is 5.91 Å². The number of rotatable bonds is 8. The van der Waals surface area contributed by atoms with E-state index in [1.807, 2.05) is 6.92 Å². The summed E-state index contributed by atoms with van der Waals surface area (Å²) in [6.07, 6.45) is 4.52. The maximum Gasteiger partial charge on any atom is 0.248 e. The van der Waals surface area contributed by atoms with Crippen LogP contribution in [0.4, 0.5) is 0 Å². The van der Waals surface area contributed by atoms with Crippen molar-refractivity contribution in [2.24, 2.45) is 5.10 Å². The maximum atomic E-state index is 11.5. The first-order chi connectivity index (χ1) is 7.77. The number of hydrogen-bond donors (Lipinski definition) is 0. The van der Waals surface area contributed by atoms with Gasteiger partial charge in [-0.2, -0.15) is 5.10 Å². The molecule has 1 amide bonds. The molecule has 1 rings (SSSR count). The lowest BCUT2D eigenvalue weighted by atomic mass is 10.2. The Bertz CT molecular complexity index is 251. The van der Waals surface area contributed by atoms with Crippen LogP contribution in [0.25, 0.3) is 0 Å². The molecule has 0 aromatic carbocycles. The average Bonchev–Trinajstić information content (AvgIpc) is 2.65. The molecule has 0 unspecified atom stereocenters. The average molecular weight is 226 g/mol. The Morgan fingerprint density at radius 1 is 1.31 bits per heavy atom. The van der Waals surface area contributed by atoms with Gasteiger partial charge in [0.15, 0.2) is 0 Å². The zero-order chi connectivity index (χ0) is 11.8. The number of hydrogen-bond acceptors (Lipinski definition) is 3. The van der Waals surface area contributed by atoms with Crippen LogP contribution in [0.15, 0.2) is 5.10 Å². The van der Waals surface area contributed by atoms with Crippen LogP contribution < -0.4 is 0 Å². The first-order valence-electron chi connectivity index (χ1n) is 6.22. The molecular formula is C12H22N2O2. The molecule has 1 aliphatic rings. The van der Waals surface area contributed by atoms with Gasteiger partial charge in [0.2, 0.25) is 5.91 Å². The van der Waals surface area contributed by atoms with Gasteiger partial charge in [-0.15, -0.1) is 0 Å². The summed E-state index contributed by atoms with van der Waals surface area (Å²) < 4.78 is 5.44. The molecule has 0 aliphatic carbocycles. The van der Waals surface area contributed by atoms with E-state index in [4.69, 9.17) is 4.74 Å². The summed E-state index contributed by atoms with van der Waals surface area (Å²) >= 11 is 0. The number of unbranched alkanes of at least 4 members (excludes halogenated alkanes) is 1. The third-order valence-electron chi connectivity index (χ3n) is 2.61. The van der Waals surface area contributed by atoms with Crippen molar-refractivity contribution in [3.63, 3.8) is 0 Å². The quantitative estimate of drug-likeness (QED) is 0.595. The molecule has 0 bridgehead atoms. The minimum atomic E-state index is 0.130. The van der Waals surface area contributed by atoms with Crippen molar-refractivity contribution in [2.45, 2.75) is 46.0 Å². The molecule has 0 saturated heterocycles. The number of hydrazone groups is 1. The van der Waals surface area contributed by atoms with Crippen LogP contribution in [0.3, 0.4) is 0 Å². The molecule has 4 heteroatoms. The molecule has 0 aromatic heterocycles. The van der Waals surface area contributed by atoms with Crippen molar-refractivity contribution in [3.8, 4) is 0 Å². The largest absolute Gasteiger partial charge is 0.381 e. The number of carbonyl (C=O) groups is 1. The predicted octanol–water partition coefficient (Wildman–Crippen LogP) is 2.19. The standard InChI is InChI=1S/C12H22N2O2/c1-3-5-8-16-9-6-7-14-12(15)10-11(4-2)13-14/h3-10H2,1-2H3. The molecule has 1 aliphatic heterocycles. The Balaban J connectivity index is 2.09. The van der Waals surface area contributed by atoms with E-state index in [0.717, 1.165) is 44.6 Å². The lowest BCUT2D eigenvalue weighted by Crippen LogP contribution is -2.22. The number of amides is 1. The van der Waals surface area contributed by atoms with E-state index in [9.17, 15) is 4.79 Å². The van der Waals surface area contributed by atoms with Crippen LogP contribution in [-0.4, -0.2) is 36.4 Å². The van der Waals surface area contributed by atoms with E-state index in [0.29, 0.717) is 13.0 Å². The molecule has 0 saturated carbocycles. The van der Waals surface area contributed by atoms with Crippen LogP contribution in [-0.2, 0) is 9.53 Å². The van der Waals surface area contributed by atoms with Gasteiger partial charge in [-0.25, -0.2) is 5.01 Å². The maximum absolute atomic E-state index is 11.5. The van der Waals surface area contributed by atoms with Gasteiger partial charge in [-0.05, 0) is 19.3 Å². The van der Waals surface area contributed by atoms with Crippen molar-refractivity contribution >= 4 is 11.6 Å². The second-order valence-electron chi connectivity index (χ2n) is 4.03. The van der Waals surface area contributed by atoms with Crippen LogP contribution in [0.2, 0.25) is 0 Å². The van der Waals surface area contributed by atoms with Gasteiger partial charge in [-0.3, -0.25) is 4.79 Å². The molecule has 0 spiro atoms. The van der Waals surface area contributed by atoms with Gasteiger partial charge < -0.3 is 4.74 Å². The second kappa shape index (κ2) is 7.39. The first-order valence-corrected chi connectivity index (χ1v) is 6.22. The highest BCUT2D eigenvalue weighted by Gasteiger charge is 2.21. The molecule has 4 nitrogen and oxygen atoms in total. The van der Waals surface area contributed by atoms with E-state index >= 15 is 0 Å². The van der Waals surface area contributed by atoms with Crippen molar-refractivity contribution in [1.82, 2.24) is 5.01 Å². The number of ether oxygens (including phenoxy) is 1. The summed E-state index contributed by atoms with van der Waals surface area (Å²) in [6, 6.07) is 0. The van der Waals surface area contributed by atoms with Gasteiger partial charge in [0.25, 0.3) is 0 Å². The third kappa shape index (κ3) is 4.31. The molecule has 0 aromatic rings. The Kier molecular flexibility index (Phi) is 6.08. The normalized spacial score (nSPS) is 15.8. The molecule has 0 N–H and O–H groups in total. The van der Waals surface area contributed by atoms with E-state index in [1.54, 1.807) is 5.01 Å². The van der Waals surface area contributed by atoms with Gasteiger partial charge in [0.1, 0.15) is 0 Å². The van der Waals surface area contributed by atoms with Crippen molar-refractivity contribution in [3.05, 3.63) is 0 Å².